The molecule has 0 saturated carbocycles. The molecule has 16 heteroatoms. The number of rotatable bonds is 9. The van der Waals surface area contributed by atoms with Crippen LogP contribution in [0.25, 0.3) is 0 Å². The van der Waals surface area contributed by atoms with Crippen LogP contribution in [-0.4, -0.2) is 51.8 Å². The van der Waals surface area contributed by atoms with Gasteiger partial charge in [-0.3, -0.25) is 9.45 Å². The molecule has 0 aliphatic carbocycles. The first kappa shape index (κ1) is 33.5. The van der Waals surface area contributed by atoms with Crippen LogP contribution in [0.4, 0.5) is 5.69 Å². The van der Waals surface area contributed by atoms with Crippen molar-refractivity contribution in [3.05, 3.63) is 77.3 Å². The molecule has 1 aliphatic heterocycles. The fourth-order valence-electron chi connectivity index (χ4n) is 3.74. The third kappa shape index (κ3) is 9.22. The van der Waals surface area contributed by atoms with Crippen molar-refractivity contribution in [1.29, 1.82) is 0 Å². The molecular weight excluding hydrogens is 622 g/mol. The molecular formula is C27H32ClN5O8S2. The Morgan fingerprint density at radius 3 is 2.16 bits per heavy atom. The zero-order valence-electron chi connectivity index (χ0n) is 23.8. The van der Waals surface area contributed by atoms with Crippen molar-refractivity contribution < 1.29 is 35.0 Å². The van der Waals surface area contributed by atoms with Crippen LogP contribution in [0.15, 0.2) is 81.6 Å². The minimum atomic E-state index is -4.02. The summed E-state index contributed by atoms with van der Waals surface area (Å²) in [6.45, 7) is 5.24. The number of anilines is 1. The summed E-state index contributed by atoms with van der Waals surface area (Å²) >= 11 is 6.47. The highest BCUT2D eigenvalue weighted by molar-refractivity contribution is 7.87. The van der Waals surface area contributed by atoms with Gasteiger partial charge in [-0.15, -0.1) is 0 Å². The van der Waals surface area contributed by atoms with E-state index in [1.165, 1.54) is 38.3 Å². The second kappa shape index (κ2) is 13.5. The summed E-state index contributed by atoms with van der Waals surface area (Å²) in [7, 11) is -6.20. The first-order valence-electron chi connectivity index (χ1n) is 12.6. The van der Waals surface area contributed by atoms with Crippen molar-refractivity contribution in [2.24, 2.45) is 21.5 Å². The van der Waals surface area contributed by atoms with Gasteiger partial charge in [-0.2, -0.15) is 21.8 Å². The molecule has 0 fully saturated rings. The van der Waals surface area contributed by atoms with Gasteiger partial charge in [0.25, 0.3) is 10.1 Å². The van der Waals surface area contributed by atoms with Gasteiger partial charge in [0, 0.05) is 11.8 Å². The van der Waals surface area contributed by atoms with Crippen LogP contribution in [0, 0.1) is 0 Å². The van der Waals surface area contributed by atoms with E-state index in [4.69, 9.17) is 41.3 Å². The Hall–Kier alpha value is -4.05. The van der Waals surface area contributed by atoms with Gasteiger partial charge >= 0.3 is 10.1 Å². The molecule has 0 bridgehead atoms. The first-order chi connectivity index (χ1) is 20.0. The second-order valence-electron chi connectivity index (χ2n) is 9.40. The molecule has 0 radical (unpaired) electrons. The van der Waals surface area contributed by atoms with E-state index in [1.807, 2.05) is 13.8 Å². The van der Waals surface area contributed by atoms with Crippen LogP contribution >= 0.6 is 11.6 Å². The molecule has 0 atom stereocenters. The topological polar surface area (TPSA) is 196 Å². The lowest BCUT2D eigenvalue weighted by molar-refractivity contribution is 0.306. The van der Waals surface area contributed by atoms with Crippen LogP contribution in [0.2, 0.25) is 5.02 Å². The van der Waals surface area contributed by atoms with E-state index in [-0.39, 0.29) is 34.9 Å². The van der Waals surface area contributed by atoms with E-state index in [1.54, 1.807) is 47.4 Å². The Kier molecular flexibility index (Phi) is 10.5. The quantitative estimate of drug-likeness (QED) is 0.224. The third-order valence-corrected chi connectivity index (χ3v) is 8.07. The number of methoxy groups -OCH3 is 1. The van der Waals surface area contributed by atoms with Crippen LogP contribution < -0.4 is 30.0 Å². The minimum absolute atomic E-state index is 0.00755. The molecule has 43 heavy (non-hydrogen) atoms. The summed E-state index contributed by atoms with van der Waals surface area (Å²) in [5, 5.41) is 0.356. The smallest absolute Gasteiger partial charge is 0.339 e. The number of hydrogen-bond donors (Lipinski definition) is 3. The maximum atomic E-state index is 12.6. The second-order valence-corrected chi connectivity index (χ2v) is 13.1. The molecule has 0 aromatic heterocycles. The highest BCUT2D eigenvalue weighted by atomic mass is 35.5. The highest BCUT2D eigenvalue weighted by Gasteiger charge is 2.33. The van der Waals surface area contributed by atoms with Crippen molar-refractivity contribution in [2.75, 3.05) is 17.8 Å². The van der Waals surface area contributed by atoms with E-state index >= 15 is 0 Å². The Labute approximate surface area is 255 Å². The molecule has 232 valence electrons. The molecule has 0 unspecified atom stereocenters. The minimum Gasteiger partial charge on any atom is -0.497 e. The lowest BCUT2D eigenvalue weighted by Crippen LogP contribution is -2.54. The molecule has 3 aromatic carbocycles. The van der Waals surface area contributed by atoms with Gasteiger partial charge in [-0.25, -0.2) is 4.99 Å². The average molecular weight is 654 g/mol. The van der Waals surface area contributed by atoms with Crippen molar-refractivity contribution >= 4 is 49.4 Å². The van der Waals surface area contributed by atoms with Gasteiger partial charge in [0.05, 0.1) is 17.9 Å². The Morgan fingerprint density at radius 1 is 0.977 bits per heavy atom. The van der Waals surface area contributed by atoms with Crippen molar-refractivity contribution in [2.45, 2.75) is 37.9 Å². The van der Waals surface area contributed by atoms with Gasteiger partial charge in [-0.1, -0.05) is 29.8 Å². The fraction of sp³-hybridized carbons (Fsp3) is 0.259. The van der Waals surface area contributed by atoms with Crippen molar-refractivity contribution in [1.82, 2.24) is 0 Å². The maximum absolute atomic E-state index is 12.6. The Balaban J connectivity index is 0.000000765. The maximum Gasteiger partial charge on any atom is 0.339 e. The summed E-state index contributed by atoms with van der Waals surface area (Å²) in [5.41, 5.74) is 12.5. The summed E-state index contributed by atoms with van der Waals surface area (Å²) in [4.78, 5) is 10.1. The predicted molar refractivity (Wildman–Crippen MR) is 165 cm³/mol. The molecule has 3 aromatic rings. The number of nitrogens with zero attached hydrogens (tertiary/aromatic N) is 3. The highest BCUT2D eigenvalue weighted by Crippen LogP contribution is 2.34. The van der Waals surface area contributed by atoms with Gasteiger partial charge < -0.3 is 25.1 Å². The standard InChI is InChI=1S/C25H26ClN5O5S.C2H6O3S/c1-25(2)30-23(27)29-24(28)31(25)17-9-12-22(21(26)13-17)35-15-16-7-10-20(11-8-16)37(32,33)36-19-6-4-5-18(14-19)34-3;1-2-6(3,4)5/h4-14H,15H2,1-3H3,(H4,27,28,29,30);2H2,1H3,(H,3,4,5). The van der Waals surface area contributed by atoms with Crippen molar-refractivity contribution in [3.63, 3.8) is 0 Å². The molecule has 13 nitrogen and oxygen atoms in total. The molecule has 1 heterocycles. The first-order valence-corrected chi connectivity index (χ1v) is 16.0. The van der Waals surface area contributed by atoms with Crippen LogP contribution in [0.5, 0.6) is 17.2 Å². The lowest BCUT2D eigenvalue weighted by Gasteiger charge is -2.38. The summed E-state index contributed by atoms with van der Waals surface area (Å²) in [5.74, 6) is 1.19. The van der Waals surface area contributed by atoms with Crippen LogP contribution in [0.1, 0.15) is 26.3 Å². The van der Waals surface area contributed by atoms with E-state index in [0.29, 0.717) is 22.2 Å². The van der Waals surface area contributed by atoms with Gasteiger partial charge in [0.15, 0.2) is 0 Å². The summed E-state index contributed by atoms with van der Waals surface area (Å²) in [6.07, 6.45) is 0. The average Bonchev–Trinajstić information content (AvgIpc) is 2.91. The summed E-state index contributed by atoms with van der Waals surface area (Å²) in [6, 6.07) is 17.7. The van der Waals surface area contributed by atoms with Crippen LogP contribution in [-0.2, 0) is 26.8 Å². The van der Waals surface area contributed by atoms with E-state index in [9.17, 15) is 16.8 Å². The Morgan fingerprint density at radius 2 is 1.60 bits per heavy atom. The van der Waals surface area contributed by atoms with E-state index in [0.717, 1.165) is 5.56 Å². The molecule has 5 N–H and O–H groups in total. The molecule has 1 aliphatic rings. The fourth-order valence-corrected chi connectivity index (χ4v) is 4.89. The zero-order chi connectivity index (χ0) is 32.0. The number of halogens is 1. The third-order valence-electron chi connectivity index (χ3n) is 5.79. The van der Waals surface area contributed by atoms with Gasteiger partial charge in [0.2, 0.25) is 11.9 Å². The van der Waals surface area contributed by atoms with Gasteiger partial charge in [-0.05, 0) is 68.8 Å². The van der Waals surface area contributed by atoms with Gasteiger partial charge in [0.1, 0.15) is 34.4 Å². The van der Waals surface area contributed by atoms with E-state index in [2.05, 4.69) is 9.98 Å². The Bertz CT molecular complexity index is 1730. The molecule has 4 rings (SSSR count). The largest absolute Gasteiger partial charge is 0.497 e. The normalized spacial score (nSPS) is 14.5. The number of nitrogens with two attached hydrogens (primary N) is 2. The molecule has 0 amide bonds. The molecule has 0 spiro atoms. The predicted octanol–water partition coefficient (Wildman–Crippen LogP) is 3.77. The summed E-state index contributed by atoms with van der Waals surface area (Å²) < 4.78 is 68.3. The SMILES string of the molecule is CCS(=O)(=O)O.COc1cccc(OS(=O)(=O)c2ccc(COc3ccc(N4C(N)=NC(N)=NC4(C)C)cc3Cl)cc2)c1. The number of benzene rings is 3. The number of ether oxygens (including phenoxy) is 2. The van der Waals surface area contributed by atoms with Crippen molar-refractivity contribution in [3.8, 4) is 17.2 Å². The molecule has 0 saturated heterocycles. The lowest BCUT2D eigenvalue weighted by atomic mass is 10.1. The van der Waals surface area contributed by atoms with E-state index < -0.39 is 25.9 Å². The monoisotopic (exact) mass is 653 g/mol. The number of guanidine groups is 2. The van der Waals surface area contributed by atoms with Crippen LogP contribution in [0.3, 0.4) is 0 Å². The number of aliphatic imine (C=N–C) groups is 2. The number of hydrogen-bond acceptors (Lipinski definition) is 12. The zero-order valence-corrected chi connectivity index (χ0v) is 26.1.